The number of rotatable bonds is 6. The molecule has 2 aromatic carbocycles. The number of carboxylic acids is 1. The van der Waals surface area contributed by atoms with Crippen LogP contribution in [0.2, 0.25) is 0 Å². The van der Waals surface area contributed by atoms with Crippen LogP contribution >= 0.6 is 11.8 Å². The van der Waals surface area contributed by atoms with Crippen molar-refractivity contribution in [1.82, 2.24) is 5.01 Å². The number of thioether (sulfide) groups is 1. The SMILES string of the molecule is COc1cccc(C2=NN(C3=NC(=O)C(CC(=O)O)S3)C(c3ccc(N(C)C)cc3)C2)c1. The fourth-order valence-corrected chi connectivity index (χ4v) is 4.73. The standard InChI is InChI=1S/C23H24N4O4S/c1-26(2)16-9-7-14(8-10-16)19-12-18(15-5-4-6-17(11-15)31-3)25-27(19)23-24-22(30)20(32-23)13-21(28)29/h4-11,19-20H,12-13H2,1-3H3,(H,28,29). The first kappa shape index (κ1) is 21.9. The molecule has 2 heterocycles. The first-order chi connectivity index (χ1) is 15.4. The van der Waals surface area contributed by atoms with Crippen molar-refractivity contribution in [3.63, 3.8) is 0 Å². The van der Waals surface area contributed by atoms with Crippen molar-refractivity contribution in [3.05, 3.63) is 59.7 Å². The van der Waals surface area contributed by atoms with Crippen molar-refractivity contribution in [2.24, 2.45) is 10.1 Å². The lowest BCUT2D eigenvalue weighted by molar-refractivity contribution is -0.138. The molecule has 1 amide bonds. The highest BCUT2D eigenvalue weighted by molar-refractivity contribution is 8.15. The molecule has 9 heteroatoms. The summed E-state index contributed by atoms with van der Waals surface area (Å²) in [5.41, 5.74) is 3.90. The van der Waals surface area contributed by atoms with Gasteiger partial charge in [-0.1, -0.05) is 36.0 Å². The van der Waals surface area contributed by atoms with Crippen molar-refractivity contribution in [1.29, 1.82) is 0 Å². The van der Waals surface area contributed by atoms with Crippen molar-refractivity contribution in [2.75, 3.05) is 26.1 Å². The number of carbonyl (C=O) groups is 2. The lowest BCUT2D eigenvalue weighted by atomic mass is 9.98. The van der Waals surface area contributed by atoms with Crippen LogP contribution in [-0.4, -0.2) is 59.3 Å². The smallest absolute Gasteiger partial charge is 0.305 e. The molecule has 2 aromatic rings. The maximum atomic E-state index is 12.3. The second-order valence-electron chi connectivity index (χ2n) is 7.77. The van der Waals surface area contributed by atoms with Crippen LogP contribution in [0.1, 0.15) is 30.0 Å². The van der Waals surface area contributed by atoms with Gasteiger partial charge in [-0.25, -0.2) is 5.01 Å². The molecular formula is C23H24N4O4S. The molecule has 0 saturated heterocycles. The molecule has 2 aliphatic heterocycles. The number of amides is 1. The molecule has 0 bridgehead atoms. The minimum Gasteiger partial charge on any atom is -0.497 e. The van der Waals surface area contributed by atoms with E-state index in [0.29, 0.717) is 11.6 Å². The molecule has 1 N–H and O–H groups in total. The molecule has 0 fully saturated rings. The minimum atomic E-state index is -1.02. The number of carbonyl (C=O) groups excluding carboxylic acids is 1. The van der Waals surface area contributed by atoms with Gasteiger partial charge >= 0.3 is 5.97 Å². The molecule has 0 spiro atoms. The molecule has 2 unspecified atom stereocenters. The highest BCUT2D eigenvalue weighted by Gasteiger charge is 2.39. The number of anilines is 1. The van der Waals surface area contributed by atoms with Gasteiger partial charge in [0.15, 0.2) is 5.17 Å². The number of nitrogens with zero attached hydrogens (tertiary/aromatic N) is 4. The molecule has 0 radical (unpaired) electrons. The number of hydrogen-bond acceptors (Lipinski definition) is 7. The zero-order valence-corrected chi connectivity index (χ0v) is 18.9. The predicted octanol–water partition coefficient (Wildman–Crippen LogP) is 3.39. The van der Waals surface area contributed by atoms with E-state index < -0.39 is 17.1 Å². The van der Waals surface area contributed by atoms with E-state index in [1.807, 2.05) is 67.5 Å². The number of hydrogen-bond donors (Lipinski definition) is 1. The third kappa shape index (κ3) is 4.47. The Hall–Kier alpha value is -3.33. The number of aliphatic carboxylic acids is 1. The van der Waals surface area contributed by atoms with E-state index in [0.717, 1.165) is 40.0 Å². The van der Waals surface area contributed by atoms with E-state index in [2.05, 4.69) is 4.99 Å². The van der Waals surface area contributed by atoms with E-state index in [-0.39, 0.29) is 12.5 Å². The zero-order chi connectivity index (χ0) is 22.8. The minimum absolute atomic E-state index is 0.157. The summed E-state index contributed by atoms with van der Waals surface area (Å²) in [6.45, 7) is 0. The first-order valence-corrected chi connectivity index (χ1v) is 11.0. The summed E-state index contributed by atoms with van der Waals surface area (Å²) < 4.78 is 5.35. The molecule has 0 saturated carbocycles. The quantitative estimate of drug-likeness (QED) is 0.718. The molecule has 8 nitrogen and oxygen atoms in total. The average molecular weight is 453 g/mol. The van der Waals surface area contributed by atoms with E-state index in [1.165, 1.54) is 0 Å². The van der Waals surface area contributed by atoms with Gasteiger partial charge in [-0.3, -0.25) is 9.59 Å². The number of benzene rings is 2. The second-order valence-corrected chi connectivity index (χ2v) is 8.94. The molecule has 0 aromatic heterocycles. The average Bonchev–Trinajstić information content (AvgIpc) is 3.37. The summed E-state index contributed by atoms with van der Waals surface area (Å²) >= 11 is 1.16. The maximum absolute atomic E-state index is 12.3. The van der Waals surface area contributed by atoms with Gasteiger partial charge in [0.05, 0.1) is 25.3 Å². The van der Waals surface area contributed by atoms with Gasteiger partial charge < -0.3 is 14.7 Å². The number of hydrazone groups is 1. The third-order valence-corrected chi connectivity index (χ3v) is 6.53. The summed E-state index contributed by atoms with van der Waals surface area (Å²) in [5.74, 6) is -0.718. The fraction of sp³-hybridized carbons (Fsp3) is 0.304. The van der Waals surface area contributed by atoms with Crippen LogP contribution in [0.4, 0.5) is 5.69 Å². The van der Waals surface area contributed by atoms with Crippen LogP contribution < -0.4 is 9.64 Å². The van der Waals surface area contributed by atoms with Gasteiger partial charge in [0.2, 0.25) is 0 Å². The summed E-state index contributed by atoms with van der Waals surface area (Å²) in [6, 6.07) is 15.7. The molecule has 2 aliphatic rings. The Labute approximate surface area is 190 Å². The first-order valence-electron chi connectivity index (χ1n) is 10.1. The topological polar surface area (TPSA) is 94.8 Å². The van der Waals surface area contributed by atoms with Crippen LogP contribution in [0.15, 0.2) is 58.6 Å². The Kier molecular flexibility index (Phi) is 6.18. The van der Waals surface area contributed by atoms with Gasteiger partial charge in [-0.05, 0) is 29.8 Å². The lowest BCUT2D eigenvalue weighted by Crippen LogP contribution is -2.24. The van der Waals surface area contributed by atoms with Gasteiger partial charge in [-0.2, -0.15) is 10.1 Å². The number of aliphatic imine (C=N–C) groups is 1. The Morgan fingerprint density at radius 3 is 2.66 bits per heavy atom. The Morgan fingerprint density at radius 1 is 1.25 bits per heavy atom. The Bertz CT molecular complexity index is 1100. The zero-order valence-electron chi connectivity index (χ0n) is 18.1. The number of methoxy groups -OCH3 is 1. The van der Waals surface area contributed by atoms with E-state index >= 15 is 0 Å². The van der Waals surface area contributed by atoms with Crippen molar-refractivity contribution in [2.45, 2.75) is 24.1 Å². The highest BCUT2D eigenvalue weighted by atomic mass is 32.2. The number of ether oxygens (including phenoxy) is 1. The van der Waals surface area contributed by atoms with Crippen molar-refractivity contribution < 1.29 is 19.4 Å². The monoisotopic (exact) mass is 452 g/mol. The van der Waals surface area contributed by atoms with E-state index in [1.54, 1.807) is 12.1 Å². The molecule has 2 atom stereocenters. The summed E-state index contributed by atoms with van der Waals surface area (Å²) in [6.07, 6.45) is 0.352. The third-order valence-electron chi connectivity index (χ3n) is 5.39. The summed E-state index contributed by atoms with van der Waals surface area (Å²) in [7, 11) is 5.59. The number of amidine groups is 1. The number of carboxylic acid groups (broad SMARTS) is 1. The Morgan fingerprint density at radius 2 is 2.00 bits per heavy atom. The van der Waals surface area contributed by atoms with Gasteiger partial charge in [0.25, 0.3) is 5.91 Å². The van der Waals surface area contributed by atoms with E-state index in [9.17, 15) is 9.59 Å². The van der Waals surface area contributed by atoms with Crippen molar-refractivity contribution in [3.8, 4) is 5.75 Å². The molecule has 0 aliphatic carbocycles. The lowest BCUT2D eigenvalue weighted by Gasteiger charge is -2.23. The van der Waals surface area contributed by atoms with Gasteiger partial charge in [0.1, 0.15) is 11.0 Å². The normalized spacial score (nSPS) is 20.2. The van der Waals surface area contributed by atoms with Gasteiger partial charge in [0, 0.05) is 31.8 Å². The summed E-state index contributed by atoms with van der Waals surface area (Å²) in [4.78, 5) is 29.6. The highest BCUT2D eigenvalue weighted by Crippen LogP contribution is 2.39. The van der Waals surface area contributed by atoms with Gasteiger partial charge in [-0.15, -0.1) is 0 Å². The second kappa shape index (κ2) is 9.04. The van der Waals surface area contributed by atoms with Crippen molar-refractivity contribution >= 4 is 40.2 Å². The Balaban J connectivity index is 1.68. The van der Waals surface area contributed by atoms with Crippen LogP contribution in [-0.2, 0) is 9.59 Å². The van der Waals surface area contributed by atoms with Crippen LogP contribution in [0.5, 0.6) is 5.75 Å². The van der Waals surface area contributed by atoms with Crippen LogP contribution in [0.3, 0.4) is 0 Å². The predicted molar refractivity (Wildman–Crippen MR) is 126 cm³/mol. The van der Waals surface area contributed by atoms with Crippen LogP contribution in [0, 0.1) is 0 Å². The fourth-order valence-electron chi connectivity index (χ4n) is 3.68. The molecule has 32 heavy (non-hydrogen) atoms. The summed E-state index contributed by atoms with van der Waals surface area (Å²) in [5, 5.41) is 15.4. The van der Waals surface area contributed by atoms with E-state index in [4.69, 9.17) is 14.9 Å². The largest absolute Gasteiger partial charge is 0.497 e. The molecule has 4 rings (SSSR count). The molecule has 166 valence electrons. The van der Waals surface area contributed by atoms with Crippen LogP contribution in [0.25, 0.3) is 0 Å². The maximum Gasteiger partial charge on any atom is 0.305 e. The molecular weight excluding hydrogens is 428 g/mol.